The summed E-state index contributed by atoms with van der Waals surface area (Å²) in [6.45, 7) is 3.27. The third kappa shape index (κ3) is 2.93. The van der Waals surface area contributed by atoms with E-state index in [2.05, 4.69) is 6.72 Å². The third-order valence-electron chi connectivity index (χ3n) is 2.55. The Bertz CT molecular complexity index is 797. The monoisotopic (exact) mass is 406 g/mol. The van der Waals surface area contributed by atoms with E-state index in [1.807, 2.05) is 0 Å². The maximum atomic E-state index is 12.0. The van der Waals surface area contributed by atoms with Crippen molar-refractivity contribution >= 4 is 18.3 Å². The molecule has 0 aliphatic rings. The average Bonchev–Trinajstić information content (AvgIpc) is 2.37. The number of halogens is 2. The Hall–Kier alpha value is -1.61. The molecule has 0 aliphatic heterocycles. The van der Waals surface area contributed by atoms with Crippen molar-refractivity contribution in [3.63, 3.8) is 0 Å². The summed E-state index contributed by atoms with van der Waals surface area (Å²) in [4.78, 5) is 23.4. The van der Waals surface area contributed by atoms with Crippen molar-refractivity contribution in [1.82, 2.24) is 9.13 Å². The van der Waals surface area contributed by atoms with Gasteiger partial charge < -0.3 is 0 Å². The molecule has 1 heterocycles. The summed E-state index contributed by atoms with van der Waals surface area (Å²) < 4.78 is 3.71. The van der Waals surface area contributed by atoms with Gasteiger partial charge in [0, 0.05) is 0 Å². The zero-order valence-electron chi connectivity index (χ0n) is 10.4. The standard InChI is InChI=1S/C12H10ClIN3O3/c1-15-11(18)5-6-17(12(15)19)10-4-3-8(7-9(10)13)14-16(2)20/h3-7H,2H2,1H3/q-1. The normalized spacial score (nSPS) is 10.7. The Morgan fingerprint density at radius 2 is 2.05 bits per heavy atom. The molecule has 6 nitrogen and oxygen atoms in total. The molecule has 0 N–H and O–H groups in total. The molecule has 0 amide bonds. The van der Waals surface area contributed by atoms with E-state index in [9.17, 15) is 14.8 Å². The number of benzene rings is 1. The first kappa shape index (κ1) is 14.8. The first-order valence-electron chi connectivity index (χ1n) is 5.41. The number of nitrogens with zero attached hydrogens (tertiary/aromatic N) is 3. The molecule has 0 saturated heterocycles. The molecule has 106 valence electrons. The molecule has 2 rings (SSSR count). The summed E-state index contributed by atoms with van der Waals surface area (Å²) in [5.41, 5.74) is -0.407. The van der Waals surface area contributed by atoms with E-state index in [-0.39, 0.29) is 5.56 Å². The van der Waals surface area contributed by atoms with Crippen LogP contribution in [0.1, 0.15) is 0 Å². The van der Waals surface area contributed by atoms with Crippen LogP contribution in [-0.4, -0.2) is 18.8 Å². The molecule has 0 fully saturated rings. The van der Waals surface area contributed by atoms with Crippen molar-refractivity contribution in [1.29, 1.82) is 0 Å². The summed E-state index contributed by atoms with van der Waals surface area (Å²) in [7, 11) is 1.40. The quantitative estimate of drug-likeness (QED) is 0.187. The Balaban J connectivity index is 2.55. The molecular formula is C12H10ClIN3O3-. The summed E-state index contributed by atoms with van der Waals surface area (Å²) in [6, 6.07) is 6.29. The van der Waals surface area contributed by atoms with Crippen LogP contribution in [-0.2, 0) is 7.05 Å². The second kappa shape index (κ2) is 5.80. The van der Waals surface area contributed by atoms with Gasteiger partial charge in [-0.25, -0.2) is 0 Å². The minimum atomic E-state index is -0.912. The minimum absolute atomic E-state index is 0.338. The fourth-order valence-corrected chi connectivity index (χ4v) is 3.46. The molecule has 2 aromatic rings. The first-order chi connectivity index (χ1) is 9.40. The zero-order chi connectivity index (χ0) is 14.9. The summed E-state index contributed by atoms with van der Waals surface area (Å²) in [5.74, 6) is 0. The van der Waals surface area contributed by atoms with Gasteiger partial charge in [0.1, 0.15) is 0 Å². The van der Waals surface area contributed by atoms with Crippen molar-refractivity contribution in [3.8, 4) is 5.69 Å². The molecule has 8 heteroatoms. The zero-order valence-corrected chi connectivity index (χ0v) is 13.3. The number of hydrogen-bond donors (Lipinski definition) is 0. The van der Waals surface area contributed by atoms with E-state index in [0.29, 0.717) is 13.7 Å². The predicted octanol–water partition coefficient (Wildman–Crippen LogP) is -2.43. The summed E-state index contributed by atoms with van der Waals surface area (Å²) >= 11 is 5.23. The van der Waals surface area contributed by atoms with E-state index in [0.717, 1.165) is 8.14 Å². The van der Waals surface area contributed by atoms with Crippen LogP contribution in [0.15, 0.2) is 40.1 Å². The Labute approximate surface area is 129 Å². The Morgan fingerprint density at radius 1 is 1.35 bits per heavy atom. The van der Waals surface area contributed by atoms with Crippen LogP contribution < -0.4 is 32.7 Å². The van der Waals surface area contributed by atoms with Crippen molar-refractivity contribution in [2.24, 2.45) is 7.05 Å². The van der Waals surface area contributed by atoms with E-state index < -0.39 is 27.2 Å². The second-order valence-corrected chi connectivity index (χ2v) is 7.07. The van der Waals surface area contributed by atoms with E-state index in [4.69, 9.17) is 11.6 Å². The molecule has 1 aromatic heterocycles. The molecule has 1 aromatic carbocycles. The van der Waals surface area contributed by atoms with Crippen LogP contribution in [0.2, 0.25) is 5.02 Å². The molecule has 0 atom stereocenters. The van der Waals surface area contributed by atoms with Crippen LogP contribution in [0.3, 0.4) is 0 Å². The molecule has 0 saturated carbocycles. The Morgan fingerprint density at radius 3 is 2.65 bits per heavy atom. The van der Waals surface area contributed by atoms with Gasteiger partial charge in [0.2, 0.25) is 0 Å². The van der Waals surface area contributed by atoms with Gasteiger partial charge in [-0.15, -0.1) is 0 Å². The summed E-state index contributed by atoms with van der Waals surface area (Å²) in [5, 5.41) is 11.3. The number of aromatic nitrogens is 2. The van der Waals surface area contributed by atoms with Crippen molar-refractivity contribution in [2.45, 2.75) is 0 Å². The van der Waals surface area contributed by atoms with Crippen molar-refractivity contribution in [2.75, 3.05) is 0 Å². The van der Waals surface area contributed by atoms with E-state index in [1.54, 1.807) is 18.2 Å². The number of hydrogen-bond acceptors (Lipinski definition) is 3. The van der Waals surface area contributed by atoms with Gasteiger partial charge in [-0.3, -0.25) is 0 Å². The van der Waals surface area contributed by atoms with Crippen LogP contribution in [0.5, 0.6) is 0 Å². The molecule has 0 unspecified atom stereocenters. The van der Waals surface area contributed by atoms with Gasteiger partial charge in [0.15, 0.2) is 0 Å². The van der Waals surface area contributed by atoms with Crippen LogP contribution in [0, 0.1) is 8.78 Å². The fraction of sp³-hybridized carbons (Fsp3) is 0.0833. The van der Waals surface area contributed by atoms with Crippen molar-refractivity contribution in [3.05, 3.63) is 65.1 Å². The SMILES string of the molecule is C=[N+]([O-])[I-]c1ccc(-n2ccc(=O)n(C)c2=O)c(Cl)c1. The molecule has 20 heavy (non-hydrogen) atoms. The fourth-order valence-electron chi connectivity index (χ4n) is 1.59. The van der Waals surface area contributed by atoms with Gasteiger partial charge in [-0.1, -0.05) is 0 Å². The van der Waals surface area contributed by atoms with Crippen molar-refractivity contribution < 1.29 is 24.4 Å². The van der Waals surface area contributed by atoms with Crippen LogP contribution in [0.25, 0.3) is 5.69 Å². The molecule has 0 spiro atoms. The Kier molecular flexibility index (Phi) is 4.29. The topological polar surface area (TPSA) is 70.1 Å². The van der Waals surface area contributed by atoms with Crippen LogP contribution >= 0.6 is 11.6 Å². The van der Waals surface area contributed by atoms with E-state index in [1.165, 1.54) is 23.9 Å². The average molecular weight is 407 g/mol. The maximum absolute atomic E-state index is 12.0. The third-order valence-corrected chi connectivity index (χ3v) is 4.62. The molecule has 0 radical (unpaired) electrons. The number of rotatable bonds is 3. The van der Waals surface area contributed by atoms with Gasteiger partial charge >= 0.3 is 130 Å². The van der Waals surface area contributed by atoms with Gasteiger partial charge in [-0.05, 0) is 0 Å². The molecule has 0 aliphatic carbocycles. The van der Waals surface area contributed by atoms with Gasteiger partial charge in [0.05, 0.1) is 0 Å². The van der Waals surface area contributed by atoms with Crippen LogP contribution in [0.4, 0.5) is 0 Å². The first-order valence-corrected chi connectivity index (χ1v) is 7.84. The second-order valence-electron chi connectivity index (χ2n) is 3.86. The van der Waals surface area contributed by atoms with Gasteiger partial charge in [-0.2, -0.15) is 0 Å². The molecule has 0 bridgehead atoms. The predicted molar refractivity (Wildman–Crippen MR) is 71.7 cm³/mol. The summed E-state index contributed by atoms with van der Waals surface area (Å²) in [6.07, 6.45) is 1.38. The van der Waals surface area contributed by atoms with Gasteiger partial charge in [0.25, 0.3) is 0 Å². The molecular weight excluding hydrogens is 397 g/mol. The van der Waals surface area contributed by atoms with E-state index >= 15 is 0 Å².